The summed E-state index contributed by atoms with van der Waals surface area (Å²) < 4.78 is 0. The van der Waals surface area contributed by atoms with E-state index in [4.69, 9.17) is 0 Å². The van der Waals surface area contributed by atoms with Crippen LogP contribution in [0.1, 0.15) is 6.92 Å². The van der Waals surface area contributed by atoms with Crippen molar-refractivity contribution in [2.75, 3.05) is 36.4 Å². The summed E-state index contributed by atoms with van der Waals surface area (Å²) >= 11 is 0. The van der Waals surface area contributed by atoms with Gasteiger partial charge in [-0.15, -0.1) is 0 Å². The molecule has 5 heteroatoms. The van der Waals surface area contributed by atoms with Gasteiger partial charge < -0.3 is 15.3 Å². The van der Waals surface area contributed by atoms with Gasteiger partial charge in [-0.2, -0.15) is 0 Å². The van der Waals surface area contributed by atoms with Crippen LogP contribution in [-0.2, 0) is 4.79 Å². The molecule has 0 aromatic heterocycles. The standard InChI is InChI=1S/C19H23N3O2/c1-15(19(24)20-16-5-3-2-4-6-16)21-11-13-22(14-12-21)17-7-9-18(23)10-8-17/h2-10,15,23H,11-14H2,1H3,(H,20,24)/t15-/m0/s1. The van der Waals surface area contributed by atoms with Crippen molar-refractivity contribution in [3.8, 4) is 5.75 Å². The van der Waals surface area contributed by atoms with Crippen molar-refractivity contribution in [1.29, 1.82) is 0 Å². The van der Waals surface area contributed by atoms with E-state index in [1.807, 2.05) is 49.4 Å². The van der Waals surface area contributed by atoms with Crippen LogP contribution in [0, 0.1) is 0 Å². The molecule has 0 aliphatic carbocycles. The summed E-state index contributed by atoms with van der Waals surface area (Å²) in [6.45, 7) is 5.37. The van der Waals surface area contributed by atoms with Gasteiger partial charge in [0.1, 0.15) is 5.75 Å². The first-order valence-electron chi connectivity index (χ1n) is 8.27. The number of aromatic hydroxyl groups is 1. The Morgan fingerprint density at radius 2 is 1.62 bits per heavy atom. The van der Waals surface area contributed by atoms with Gasteiger partial charge in [-0.3, -0.25) is 9.69 Å². The summed E-state index contributed by atoms with van der Waals surface area (Å²) in [7, 11) is 0. The average Bonchev–Trinajstić information content (AvgIpc) is 2.63. The molecule has 0 bridgehead atoms. The number of rotatable bonds is 4. The lowest BCUT2D eigenvalue weighted by molar-refractivity contribution is -0.120. The largest absolute Gasteiger partial charge is 0.508 e. The molecule has 0 saturated carbocycles. The van der Waals surface area contributed by atoms with E-state index in [0.29, 0.717) is 0 Å². The molecular formula is C19H23N3O2. The number of anilines is 2. The van der Waals surface area contributed by atoms with Crippen LogP contribution >= 0.6 is 0 Å². The van der Waals surface area contributed by atoms with Crippen LogP contribution < -0.4 is 10.2 Å². The summed E-state index contributed by atoms with van der Waals surface area (Å²) in [5.41, 5.74) is 1.94. The maximum atomic E-state index is 12.4. The zero-order chi connectivity index (χ0) is 16.9. The third kappa shape index (κ3) is 3.86. The molecule has 1 saturated heterocycles. The van der Waals surface area contributed by atoms with Crippen molar-refractivity contribution in [1.82, 2.24) is 4.90 Å². The SMILES string of the molecule is C[C@@H](C(=O)Nc1ccccc1)N1CCN(c2ccc(O)cc2)CC1. The van der Waals surface area contributed by atoms with Gasteiger partial charge in [0, 0.05) is 37.6 Å². The van der Waals surface area contributed by atoms with Crippen molar-refractivity contribution in [3.63, 3.8) is 0 Å². The van der Waals surface area contributed by atoms with Gasteiger partial charge in [-0.25, -0.2) is 0 Å². The van der Waals surface area contributed by atoms with E-state index in [0.717, 1.165) is 37.6 Å². The zero-order valence-electron chi connectivity index (χ0n) is 13.9. The molecule has 0 spiro atoms. The van der Waals surface area contributed by atoms with Crippen molar-refractivity contribution < 1.29 is 9.90 Å². The van der Waals surface area contributed by atoms with Gasteiger partial charge >= 0.3 is 0 Å². The fourth-order valence-electron chi connectivity index (χ4n) is 2.96. The number of carbonyl (C=O) groups excluding carboxylic acids is 1. The Morgan fingerprint density at radius 3 is 2.25 bits per heavy atom. The van der Waals surface area contributed by atoms with E-state index in [2.05, 4.69) is 15.1 Å². The van der Waals surface area contributed by atoms with E-state index >= 15 is 0 Å². The number of amides is 1. The van der Waals surface area contributed by atoms with Crippen LogP contribution in [0.5, 0.6) is 5.75 Å². The minimum Gasteiger partial charge on any atom is -0.508 e. The number of nitrogens with zero attached hydrogens (tertiary/aromatic N) is 2. The number of phenols is 1. The smallest absolute Gasteiger partial charge is 0.241 e. The highest BCUT2D eigenvalue weighted by Crippen LogP contribution is 2.20. The van der Waals surface area contributed by atoms with Crippen LogP contribution in [0.2, 0.25) is 0 Å². The Labute approximate surface area is 142 Å². The van der Waals surface area contributed by atoms with E-state index < -0.39 is 0 Å². The Morgan fingerprint density at radius 1 is 1.00 bits per heavy atom. The number of hydrogen-bond donors (Lipinski definition) is 2. The van der Waals surface area contributed by atoms with Gasteiger partial charge in [0.2, 0.25) is 5.91 Å². The molecule has 1 heterocycles. The molecule has 2 N–H and O–H groups in total. The number of benzene rings is 2. The summed E-state index contributed by atoms with van der Waals surface area (Å²) in [6, 6.07) is 16.7. The molecule has 0 radical (unpaired) electrons. The van der Waals surface area contributed by atoms with E-state index in [-0.39, 0.29) is 17.7 Å². The van der Waals surface area contributed by atoms with Crippen LogP contribution in [0.15, 0.2) is 54.6 Å². The van der Waals surface area contributed by atoms with Crippen LogP contribution in [0.4, 0.5) is 11.4 Å². The number of hydrogen-bond acceptors (Lipinski definition) is 4. The van der Waals surface area contributed by atoms with Crippen molar-refractivity contribution >= 4 is 17.3 Å². The lowest BCUT2D eigenvalue weighted by Gasteiger charge is -2.38. The Hall–Kier alpha value is -2.53. The summed E-state index contributed by atoms with van der Waals surface area (Å²) in [5.74, 6) is 0.308. The minimum atomic E-state index is -0.160. The Kier molecular flexibility index (Phi) is 5.01. The number of nitrogens with one attached hydrogen (secondary N) is 1. The predicted molar refractivity (Wildman–Crippen MR) is 96.4 cm³/mol. The van der Waals surface area contributed by atoms with Crippen LogP contribution in [-0.4, -0.2) is 48.1 Å². The first-order valence-corrected chi connectivity index (χ1v) is 8.27. The van der Waals surface area contributed by atoms with Crippen LogP contribution in [0.3, 0.4) is 0 Å². The average molecular weight is 325 g/mol. The number of para-hydroxylation sites is 1. The molecule has 1 fully saturated rings. The number of piperazine rings is 1. The van der Waals surface area contributed by atoms with Gasteiger partial charge in [0.15, 0.2) is 0 Å². The lowest BCUT2D eigenvalue weighted by atomic mass is 10.2. The highest BCUT2D eigenvalue weighted by Gasteiger charge is 2.25. The van der Waals surface area contributed by atoms with Gasteiger partial charge in [0.05, 0.1) is 6.04 Å². The third-order valence-corrected chi connectivity index (χ3v) is 4.50. The molecule has 126 valence electrons. The van der Waals surface area contributed by atoms with E-state index in [1.54, 1.807) is 12.1 Å². The minimum absolute atomic E-state index is 0.0271. The number of phenolic OH excluding ortho intramolecular Hbond substituents is 1. The van der Waals surface area contributed by atoms with E-state index in [9.17, 15) is 9.90 Å². The highest BCUT2D eigenvalue weighted by molar-refractivity contribution is 5.94. The molecule has 1 atom stereocenters. The first-order chi connectivity index (χ1) is 11.6. The topological polar surface area (TPSA) is 55.8 Å². The summed E-state index contributed by atoms with van der Waals surface area (Å²) in [5, 5.41) is 12.3. The third-order valence-electron chi connectivity index (χ3n) is 4.50. The lowest BCUT2D eigenvalue weighted by Crippen LogP contribution is -2.52. The molecule has 24 heavy (non-hydrogen) atoms. The maximum Gasteiger partial charge on any atom is 0.241 e. The molecule has 1 aliphatic rings. The first kappa shape index (κ1) is 16.3. The molecule has 2 aromatic carbocycles. The van der Waals surface area contributed by atoms with E-state index in [1.165, 1.54) is 0 Å². The Bertz CT molecular complexity index is 665. The summed E-state index contributed by atoms with van der Waals surface area (Å²) in [6.07, 6.45) is 0. The monoisotopic (exact) mass is 325 g/mol. The molecule has 1 amide bonds. The highest BCUT2D eigenvalue weighted by atomic mass is 16.3. The van der Waals surface area contributed by atoms with Gasteiger partial charge in [0.25, 0.3) is 0 Å². The fourth-order valence-corrected chi connectivity index (χ4v) is 2.96. The maximum absolute atomic E-state index is 12.4. The second-order valence-electron chi connectivity index (χ2n) is 6.07. The number of carbonyl (C=O) groups is 1. The second-order valence-corrected chi connectivity index (χ2v) is 6.07. The molecule has 3 rings (SSSR count). The molecular weight excluding hydrogens is 302 g/mol. The normalized spacial score (nSPS) is 16.6. The molecule has 0 unspecified atom stereocenters. The second kappa shape index (κ2) is 7.36. The Balaban J connectivity index is 1.54. The van der Waals surface area contributed by atoms with Crippen molar-refractivity contribution in [3.05, 3.63) is 54.6 Å². The molecule has 1 aliphatic heterocycles. The molecule has 5 nitrogen and oxygen atoms in total. The molecule has 2 aromatic rings. The van der Waals surface area contributed by atoms with Crippen molar-refractivity contribution in [2.45, 2.75) is 13.0 Å². The summed E-state index contributed by atoms with van der Waals surface area (Å²) in [4.78, 5) is 16.9. The predicted octanol–water partition coefficient (Wildman–Crippen LogP) is 2.54. The van der Waals surface area contributed by atoms with Gasteiger partial charge in [-0.05, 0) is 43.3 Å². The zero-order valence-corrected chi connectivity index (χ0v) is 13.9. The van der Waals surface area contributed by atoms with Crippen LogP contribution in [0.25, 0.3) is 0 Å². The van der Waals surface area contributed by atoms with Gasteiger partial charge in [-0.1, -0.05) is 18.2 Å². The van der Waals surface area contributed by atoms with Crippen molar-refractivity contribution in [2.24, 2.45) is 0 Å². The quantitative estimate of drug-likeness (QED) is 0.907. The fraction of sp³-hybridized carbons (Fsp3) is 0.316.